The summed E-state index contributed by atoms with van der Waals surface area (Å²) in [6, 6.07) is 16.0. The molecule has 2 aliphatic heterocycles. The first kappa shape index (κ1) is 18.6. The van der Waals surface area contributed by atoms with Crippen LogP contribution >= 0.6 is 0 Å². The molecule has 2 aromatic carbocycles. The van der Waals surface area contributed by atoms with Gasteiger partial charge in [-0.05, 0) is 36.4 Å². The van der Waals surface area contributed by atoms with Crippen LogP contribution in [0.25, 0.3) is 0 Å². The maximum absolute atomic E-state index is 12.9. The second-order valence-electron chi connectivity index (χ2n) is 7.10. The van der Waals surface area contributed by atoms with Crippen molar-refractivity contribution in [3.63, 3.8) is 0 Å². The van der Waals surface area contributed by atoms with Gasteiger partial charge in [-0.3, -0.25) is 4.79 Å². The Kier molecular flexibility index (Phi) is 5.67. The van der Waals surface area contributed by atoms with E-state index in [1.807, 2.05) is 47.4 Å². The average molecular weight is 381 g/mol. The largest absolute Gasteiger partial charge is 0.495 e. The smallest absolute Gasteiger partial charge is 0.253 e. The number of anilines is 2. The minimum atomic E-state index is 0.105. The monoisotopic (exact) mass is 381 g/mol. The SMILES string of the molecule is COc1ccccc1N1CCN(C(=O)c2ccc(N3CCOCC3)cc2)CC1. The van der Waals surface area contributed by atoms with Crippen molar-refractivity contribution in [1.29, 1.82) is 0 Å². The number of ether oxygens (including phenoxy) is 2. The second kappa shape index (κ2) is 8.52. The van der Waals surface area contributed by atoms with Crippen molar-refractivity contribution in [2.45, 2.75) is 0 Å². The van der Waals surface area contributed by atoms with E-state index in [2.05, 4.69) is 15.9 Å². The summed E-state index contributed by atoms with van der Waals surface area (Å²) >= 11 is 0. The normalized spacial score (nSPS) is 17.5. The first-order valence-corrected chi connectivity index (χ1v) is 9.86. The lowest BCUT2D eigenvalue weighted by Gasteiger charge is -2.36. The van der Waals surface area contributed by atoms with Crippen LogP contribution < -0.4 is 14.5 Å². The number of carbonyl (C=O) groups excluding carboxylic acids is 1. The molecule has 0 aromatic heterocycles. The van der Waals surface area contributed by atoms with Gasteiger partial charge in [0.1, 0.15) is 5.75 Å². The summed E-state index contributed by atoms with van der Waals surface area (Å²) in [5, 5.41) is 0. The molecule has 2 aliphatic rings. The molecule has 4 rings (SSSR count). The molecule has 0 atom stereocenters. The zero-order chi connectivity index (χ0) is 19.3. The standard InChI is InChI=1S/C22H27N3O3/c1-27-21-5-3-2-4-20(21)24-10-12-25(13-11-24)22(26)18-6-8-19(9-7-18)23-14-16-28-17-15-23/h2-9H,10-17H2,1H3. The van der Waals surface area contributed by atoms with E-state index in [-0.39, 0.29) is 5.91 Å². The molecule has 0 saturated carbocycles. The number of methoxy groups -OCH3 is 1. The third kappa shape index (κ3) is 3.92. The Bertz CT molecular complexity index is 795. The van der Waals surface area contributed by atoms with Crippen molar-refractivity contribution in [2.75, 3.05) is 69.4 Å². The fourth-order valence-corrected chi connectivity index (χ4v) is 3.86. The van der Waals surface area contributed by atoms with Crippen molar-refractivity contribution < 1.29 is 14.3 Å². The highest BCUT2D eigenvalue weighted by Crippen LogP contribution is 2.28. The zero-order valence-corrected chi connectivity index (χ0v) is 16.3. The quantitative estimate of drug-likeness (QED) is 0.814. The molecule has 1 amide bonds. The number of morpholine rings is 1. The van der Waals surface area contributed by atoms with E-state index in [4.69, 9.17) is 9.47 Å². The van der Waals surface area contributed by atoms with E-state index in [9.17, 15) is 4.79 Å². The molecule has 0 unspecified atom stereocenters. The highest BCUT2D eigenvalue weighted by Gasteiger charge is 2.24. The summed E-state index contributed by atoms with van der Waals surface area (Å²) < 4.78 is 10.9. The van der Waals surface area contributed by atoms with Gasteiger partial charge in [-0.15, -0.1) is 0 Å². The molecule has 2 saturated heterocycles. The third-order valence-electron chi connectivity index (χ3n) is 5.48. The van der Waals surface area contributed by atoms with Crippen molar-refractivity contribution in [3.8, 4) is 5.75 Å². The lowest BCUT2D eigenvalue weighted by Crippen LogP contribution is -2.48. The van der Waals surface area contributed by atoms with Gasteiger partial charge in [0.15, 0.2) is 0 Å². The molecular weight excluding hydrogens is 354 g/mol. The Morgan fingerprint density at radius 2 is 1.54 bits per heavy atom. The highest BCUT2D eigenvalue weighted by molar-refractivity contribution is 5.94. The van der Waals surface area contributed by atoms with Crippen LogP contribution in [-0.2, 0) is 4.74 Å². The van der Waals surface area contributed by atoms with Gasteiger partial charge in [-0.25, -0.2) is 0 Å². The van der Waals surface area contributed by atoms with Gasteiger partial charge >= 0.3 is 0 Å². The Morgan fingerprint density at radius 3 is 2.21 bits per heavy atom. The first-order chi connectivity index (χ1) is 13.8. The van der Waals surface area contributed by atoms with Gasteiger partial charge in [0.05, 0.1) is 26.0 Å². The van der Waals surface area contributed by atoms with E-state index >= 15 is 0 Å². The summed E-state index contributed by atoms with van der Waals surface area (Å²) in [7, 11) is 1.69. The van der Waals surface area contributed by atoms with Crippen LogP contribution in [0, 0.1) is 0 Å². The lowest BCUT2D eigenvalue weighted by atomic mass is 10.1. The summed E-state index contributed by atoms with van der Waals surface area (Å²) in [5.74, 6) is 0.981. The highest BCUT2D eigenvalue weighted by atomic mass is 16.5. The molecule has 0 spiro atoms. The summed E-state index contributed by atoms with van der Waals surface area (Å²) in [6.45, 7) is 6.35. The topological polar surface area (TPSA) is 45.2 Å². The predicted octanol–water partition coefficient (Wildman–Crippen LogP) is 2.49. The van der Waals surface area contributed by atoms with Crippen LogP contribution in [0.5, 0.6) is 5.75 Å². The van der Waals surface area contributed by atoms with Crippen LogP contribution in [0.15, 0.2) is 48.5 Å². The number of hydrogen-bond acceptors (Lipinski definition) is 5. The number of piperazine rings is 1. The van der Waals surface area contributed by atoms with Crippen LogP contribution in [0.4, 0.5) is 11.4 Å². The van der Waals surface area contributed by atoms with Gasteiger partial charge in [0.25, 0.3) is 5.91 Å². The fraction of sp³-hybridized carbons (Fsp3) is 0.409. The number of rotatable bonds is 4. The van der Waals surface area contributed by atoms with Gasteiger partial charge < -0.3 is 24.2 Å². The molecule has 0 bridgehead atoms. The number of hydrogen-bond donors (Lipinski definition) is 0. The lowest BCUT2D eigenvalue weighted by molar-refractivity contribution is 0.0746. The number of para-hydroxylation sites is 2. The Labute approximate surface area is 166 Å². The van der Waals surface area contributed by atoms with Crippen LogP contribution in [0.1, 0.15) is 10.4 Å². The van der Waals surface area contributed by atoms with Crippen molar-refractivity contribution >= 4 is 17.3 Å². The maximum atomic E-state index is 12.9. The summed E-state index contributed by atoms with van der Waals surface area (Å²) in [6.07, 6.45) is 0. The minimum Gasteiger partial charge on any atom is -0.495 e. The third-order valence-corrected chi connectivity index (χ3v) is 5.48. The molecular formula is C22H27N3O3. The molecule has 148 valence electrons. The minimum absolute atomic E-state index is 0.105. The van der Waals surface area contributed by atoms with Gasteiger partial charge in [0, 0.05) is 50.5 Å². The van der Waals surface area contributed by atoms with E-state index in [1.165, 1.54) is 0 Å². The van der Waals surface area contributed by atoms with Gasteiger partial charge in [0.2, 0.25) is 0 Å². The van der Waals surface area contributed by atoms with Crippen LogP contribution in [0.2, 0.25) is 0 Å². The van der Waals surface area contributed by atoms with E-state index in [0.717, 1.165) is 62.1 Å². The maximum Gasteiger partial charge on any atom is 0.253 e. The fourth-order valence-electron chi connectivity index (χ4n) is 3.86. The van der Waals surface area contributed by atoms with E-state index in [0.29, 0.717) is 13.1 Å². The first-order valence-electron chi connectivity index (χ1n) is 9.86. The van der Waals surface area contributed by atoms with Crippen molar-refractivity contribution in [2.24, 2.45) is 0 Å². The molecule has 2 aromatic rings. The molecule has 6 heteroatoms. The number of benzene rings is 2. The van der Waals surface area contributed by atoms with E-state index in [1.54, 1.807) is 7.11 Å². The molecule has 0 N–H and O–H groups in total. The molecule has 6 nitrogen and oxygen atoms in total. The predicted molar refractivity (Wildman–Crippen MR) is 111 cm³/mol. The second-order valence-corrected chi connectivity index (χ2v) is 7.10. The van der Waals surface area contributed by atoms with Crippen molar-refractivity contribution in [3.05, 3.63) is 54.1 Å². The number of carbonyl (C=O) groups is 1. The Balaban J connectivity index is 1.37. The molecule has 2 heterocycles. The van der Waals surface area contributed by atoms with E-state index < -0.39 is 0 Å². The number of amides is 1. The summed E-state index contributed by atoms with van der Waals surface area (Å²) in [5.41, 5.74) is 3.00. The molecule has 2 fully saturated rings. The van der Waals surface area contributed by atoms with Gasteiger partial charge in [-0.1, -0.05) is 12.1 Å². The Morgan fingerprint density at radius 1 is 0.857 bits per heavy atom. The average Bonchev–Trinajstić information content (AvgIpc) is 2.79. The zero-order valence-electron chi connectivity index (χ0n) is 16.3. The molecule has 0 radical (unpaired) electrons. The van der Waals surface area contributed by atoms with Crippen LogP contribution in [-0.4, -0.2) is 70.4 Å². The summed E-state index contributed by atoms with van der Waals surface area (Å²) in [4.78, 5) is 19.4. The molecule has 0 aliphatic carbocycles. The van der Waals surface area contributed by atoms with Crippen LogP contribution in [0.3, 0.4) is 0 Å². The Hall–Kier alpha value is -2.73. The molecule has 28 heavy (non-hydrogen) atoms. The number of nitrogens with zero attached hydrogens (tertiary/aromatic N) is 3. The van der Waals surface area contributed by atoms with Crippen molar-refractivity contribution in [1.82, 2.24) is 4.90 Å². The van der Waals surface area contributed by atoms with Gasteiger partial charge in [-0.2, -0.15) is 0 Å².